The Morgan fingerprint density at radius 1 is 0.941 bits per heavy atom. The highest BCUT2D eigenvalue weighted by Gasteiger charge is 2.40. The van der Waals surface area contributed by atoms with E-state index in [0.717, 1.165) is 12.0 Å². The zero-order chi connectivity index (χ0) is 23.7. The highest BCUT2D eigenvalue weighted by atomic mass is 16.7. The van der Waals surface area contributed by atoms with Crippen LogP contribution in [0.2, 0.25) is 0 Å². The second kappa shape index (κ2) is 8.94. The fraction of sp³-hybridized carbons (Fsp3) is 0.185. The van der Waals surface area contributed by atoms with Crippen LogP contribution < -0.4 is 24.4 Å². The van der Waals surface area contributed by atoms with Gasteiger partial charge in [-0.3, -0.25) is 9.59 Å². The molecule has 5 rings (SSSR count). The van der Waals surface area contributed by atoms with Crippen LogP contribution in [0.3, 0.4) is 0 Å². The van der Waals surface area contributed by atoms with E-state index in [0.29, 0.717) is 46.4 Å². The van der Waals surface area contributed by atoms with Gasteiger partial charge in [0.2, 0.25) is 6.79 Å². The number of hydrogen-bond donors (Lipinski definition) is 1. The highest BCUT2D eigenvalue weighted by molar-refractivity contribution is 6.46. The van der Waals surface area contributed by atoms with E-state index in [4.69, 9.17) is 14.2 Å². The number of rotatable bonds is 7. The topological polar surface area (TPSA) is 77.1 Å². The van der Waals surface area contributed by atoms with Crippen molar-refractivity contribution in [2.24, 2.45) is 0 Å². The molecule has 2 heterocycles. The van der Waals surface area contributed by atoms with Crippen LogP contribution >= 0.6 is 0 Å². The Kier molecular flexibility index (Phi) is 5.67. The van der Waals surface area contributed by atoms with Crippen molar-refractivity contribution in [2.75, 3.05) is 23.6 Å². The number of amides is 2. The van der Waals surface area contributed by atoms with Crippen LogP contribution in [0.5, 0.6) is 17.2 Å². The average molecular weight is 456 g/mol. The lowest BCUT2D eigenvalue weighted by Gasteiger charge is -2.16. The van der Waals surface area contributed by atoms with E-state index in [9.17, 15) is 9.59 Å². The van der Waals surface area contributed by atoms with E-state index in [1.165, 1.54) is 4.90 Å². The normalized spacial score (nSPS) is 14.7. The number of hydrogen-bond acceptors (Lipinski definition) is 6. The van der Waals surface area contributed by atoms with E-state index >= 15 is 0 Å². The van der Waals surface area contributed by atoms with Gasteiger partial charge in [0, 0.05) is 11.8 Å². The van der Waals surface area contributed by atoms with Gasteiger partial charge in [0.1, 0.15) is 11.4 Å². The summed E-state index contributed by atoms with van der Waals surface area (Å²) < 4.78 is 16.5. The molecule has 0 spiro atoms. The number of benzene rings is 3. The van der Waals surface area contributed by atoms with Gasteiger partial charge in [0.05, 0.1) is 17.9 Å². The van der Waals surface area contributed by atoms with Crippen LogP contribution in [-0.2, 0) is 9.59 Å². The van der Waals surface area contributed by atoms with Crippen LogP contribution in [0.4, 0.5) is 11.4 Å². The number of nitrogens with one attached hydrogen (secondary N) is 1. The molecule has 7 heteroatoms. The summed E-state index contributed by atoms with van der Waals surface area (Å²) in [6.45, 7) is 4.72. The van der Waals surface area contributed by atoms with Gasteiger partial charge in [-0.15, -0.1) is 0 Å². The maximum absolute atomic E-state index is 13.6. The van der Waals surface area contributed by atoms with Crippen molar-refractivity contribution >= 4 is 28.8 Å². The van der Waals surface area contributed by atoms with E-state index in [2.05, 4.69) is 5.32 Å². The number of carbonyl (C=O) groups excluding carboxylic acids is 2. The van der Waals surface area contributed by atoms with E-state index < -0.39 is 5.91 Å². The van der Waals surface area contributed by atoms with Gasteiger partial charge < -0.3 is 19.5 Å². The number of carbonyl (C=O) groups is 2. The van der Waals surface area contributed by atoms with Crippen LogP contribution in [0.1, 0.15) is 24.5 Å². The Labute approximate surface area is 197 Å². The smallest absolute Gasteiger partial charge is 0.282 e. The Morgan fingerprint density at radius 2 is 1.74 bits per heavy atom. The van der Waals surface area contributed by atoms with Crippen LogP contribution in [0.15, 0.2) is 72.4 Å². The molecule has 2 aliphatic heterocycles. The number of ether oxygens (including phenoxy) is 3. The predicted octanol–water partition coefficient (Wildman–Crippen LogP) is 4.91. The van der Waals surface area contributed by atoms with Gasteiger partial charge in [0.25, 0.3) is 11.8 Å². The monoisotopic (exact) mass is 456 g/mol. The van der Waals surface area contributed by atoms with Gasteiger partial charge in [0.15, 0.2) is 11.5 Å². The fourth-order valence-corrected chi connectivity index (χ4v) is 3.97. The molecule has 0 saturated carbocycles. The first-order chi connectivity index (χ1) is 16.5. The second-order valence-corrected chi connectivity index (χ2v) is 8.10. The summed E-state index contributed by atoms with van der Waals surface area (Å²) in [5, 5.41) is 3.16. The third-order valence-electron chi connectivity index (χ3n) is 5.60. The molecule has 0 atom stereocenters. The number of fused-ring (bicyclic) bond motifs is 1. The van der Waals surface area contributed by atoms with Crippen LogP contribution in [0.25, 0.3) is 5.57 Å². The molecule has 0 saturated heterocycles. The number of anilines is 2. The van der Waals surface area contributed by atoms with Crippen molar-refractivity contribution in [3.05, 3.63) is 83.6 Å². The summed E-state index contributed by atoms with van der Waals surface area (Å²) in [5.41, 5.74) is 3.22. The summed E-state index contributed by atoms with van der Waals surface area (Å²) in [4.78, 5) is 28.4. The maximum atomic E-state index is 13.6. The SMILES string of the molecule is CCCOc1ccc(C2=C(Nc3ccc4c(c3)OCO4)C(=O)N(c3cccc(C)c3)C2=O)cc1. The fourth-order valence-electron chi connectivity index (χ4n) is 3.97. The molecule has 34 heavy (non-hydrogen) atoms. The zero-order valence-corrected chi connectivity index (χ0v) is 19.0. The number of nitrogens with zero attached hydrogens (tertiary/aromatic N) is 1. The Balaban J connectivity index is 1.55. The molecular formula is C27H24N2O5. The minimum Gasteiger partial charge on any atom is -0.494 e. The zero-order valence-electron chi connectivity index (χ0n) is 19.0. The van der Waals surface area contributed by atoms with Gasteiger partial charge in [-0.2, -0.15) is 0 Å². The first kappa shape index (κ1) is 21.6. The molecule has 3 aromatic rings. The number of aryl methyl sites for hydroxylation is 1. The molecular weight excluding hydrogens is 432 g/mol. The third-order valence-corrected chi connectivity index (χ3v) is 5.60. The Hall–Kier alpha value is -4.26. The van der Waals surface area contributed by atoms with Crippen LogP contribution in [-0.4, -0.2) is 25.2 Å². The van der Waals surface area contributed by atoms with Crippen molar-refractivity contribution < 1.29 is 23.8 Å². The molecule has 3 aromatic carbocycles. The van der Waals surface area contributed by atoms with E-state index in [1.54, 1.807) is 36.4 Å². The molecule has 0 bridgehead atoms. The molecule has 0 aromatic heterocycles. The molecule has 172 valence electrons. The summed E-state index contributed by atoms with van der Waals surface area (Å²) in [6.07, 6.45) is 0.898. The summed E-state index contributed by atoms with van der Waals surface area (Å²) in [7, 11) is 0. The van der Waals surface area contributed by atoms with Crippen molar-refractivity contribution in [2.45, 2.75) is 20.3 Å². The molecule has 0 fully saturated rings. The average Bonchev–Trinajstić information content (AvgIpc) is 3.40. The molecule has 1 N–H and O–H groups in total. The summed E-state index contributed by atoms with van der Waals surface area (Å²) in [6, 6.07) is 19.8. The summed E-state index contributed by atoms with van der Waals surface area (Å²) >= 11 is 0. The van der Waals surface area contributed by atoms with Crippen LogP contribution in [0, 0.1) is 6.92 Å². The van der Waals surface area contributed by atoms with Gasteiger partial charge >= 0.3 is 0 Å². The lowest BCUT2D eigenvalue weighted by Crippen LogP contribution is -2.32. The van der Waals surface area contributed by atoms with Crippen molar-refractivity contribution in [1.82, 2.24) is 0 Å². The third kappa shape index (κ3) is 3.96. The van der Waals surface area contributed by atoms with Crippen molar-refractivity contribution in [3.8, 4) is 17.2 Å². The van der Waals surface area contributed by atoms with Gasteiger partial charge in [-0.25, -0.2) is 4.90 Å². The first-order valence-corrected chi connectivity index (χ1v) is 11.1. The Bertz CT molecular complexity index is 1300. The predicted molar refractivity (Wildman–Crippen MR) is 129 cm³/mol. The highest BCUT2D eigenvalue weighted by Crippen LogP contribution is 2.38. The minimum atomic E-state index is -0.422. The van der Waals surface area contributed by atoms with Gasteiger partial charge in [-0.1, -0.05) is 31.2 Å². The maximum Gasteiger partial charge on any atom is 0.282 e. The molecule has 0 radical (unpaired) electrons. The first-order valence-electron chi connectivity index (χ1n) is 11.1. The standard InChI is InChI=1S/C27H24N2O5/c1-3-13-32-21-10-7-18(8-11-21)24-25(28-19-9-12-22-23(15-19)34-16-33-22)27(31)29(26(24)30)20-6-4-5-17(2)14-20/h4-12,14-15,28H,3,13,16H2,1-2H3. The lowest BCUT2D eigenvalue weighted by atomic mass is 10.0. The molecule has 7 nitrogen and oxygen atoms in total. The lowest BCUT2D eigenvalue weighted by molar-refractivity contribution is -0.120. The van der Waals surface area contributed by atoms with Crippen molar-refractivity contribution in [3.63, 3.8) is 0 Å². The molecule has 2 aliphatic rings. The molecule has 2 amide bonds. The second-order valence-electron chi connectivity index (χ2n) is 8.10. The molecule has 0 aliphatic carbocycles. The summed E-state index contributed by atoms with van der Waals surface area (Å²) in [5.74, 6) is 1.12. The Morgan fingerprint density at radius 3 is 2.50 bits per heavy atom. The number of imide groups is 1. The van der Waals surface area contributed by atoms with Gasteiger partial charge in [-0.05, 0) is 60.9 Å². The van der Waals surface area contributed by atoms with E-state index in [-0.39, 0.29) is 18.4 Å². The molecule has 0 unspecified atom stereocenters. The largest absolute Gasteiger partial charge is 0.494 e. The minimum absolute atomic E-state index is 0.151. The van der Waals surface area contributed by atoms with E-state index in [1.807, 2.05) is 44.2 Å². The quantitative estimate of drug-likeness (QED) is 0.509. The van der Waals surface area contributed by atoms with Crippen molar-refractivity contribution in [1.29, 1.82) is 0 Å².